The molecule has 0 aliphatic carbocycles. The number of aromatic nitrogens is 4. The van der Waals surface area contributed by atoms with Crippen molar-refractivity contribution in [1.82, 2.24) is 19.7 Å². The number of nitrogens with zero attached hydrogens (tertiary/aromatic N) is 2. The molecule has 8 nitrogen and oxygen atoms in total. The van der Waals surface area contributed by atoms with Crippen molar-refractivity contribution >= 4 is 22.6 Å². The zero-order chi connectivity index (χ0) is 22.1. The van der Waals surface area contributed by atoms with Crippen LogP contribution in [0.5, 0.6) is 5.75 Å². The molecular formula is C24H19N5O3. The van der Waals surface area contributed by atoms with Crippen molar-refractivity contribution in [3.05, 3.63) is 95.0 Å². The second kappa shape index (κ2) is 7.92. The second-order valence-electron chi connectivity index (χ2n) is 7.20. The molecule has 0 bridgehead atoms. The van der Waals surface area contributed by atoms with E-state index in [1.165, 1.54) is 0 Å². The van der Waals surface area contributed by atoms with E-state index >= 15 is 0 Å². The minimum atomic E-state index is -0.317. The first-order chi connectivity index (χ1) is 15.6. The number of anilines is 1. The van der Waals surface area contributed by atoms with E-state index < -0.39 is 0 Å². The van der Waals surface area contributed by atoms with Crippen LogP contribution < -0.4 is 15.7 Å². The fourth-order valence-corrected chi connectivity index (χ4v) is 3.55. The van der Waals surface area contributed by atoms with Crippen LogP contribution in [0.2, 0.25) is 0 Å². The van der Waals surface area contributed by atoms with E-state index in [2.05, 4.69) is 20.4 Å². The van der Waals surface area contributed by atoms with Crippen LogP contribution in [0, 0.1) is 0 Å². The second-order valence-corrected chi connectivity index (χ2v) is 7.20. The summed E-state index contributed by atoms with van der Waals surface area (Å²) in [5, 5.41) is 7.59. The highest BCUT2D eigenvalue weighted by Crippen LogP contribution is 2.28. The Hall–Kier alpha value is -4.59. The molecule has 0 unspecified atom stereocenters. The normalized spacial score (nSPS) is 10.9. The molecule has 3 aromatic carbocycles. The molecule has 5 rings (SSSR count). The molecule has 0 saturated heterocycles. The molecule has 2 heterocycles. The van der Waals surface area contributed by atoms with E-state index in [9.17, 15) is 9.59 Å². The van der Waals surface area contributed by atoms with Crippen LogP contribution in [0.3, 0.4) is 0 Å². The van der Waals surface area contributed by atoms with Gasteiger partial charge in [-0.3, -0.25) is 4.79 Å². The lowest BCUT2D eigenvalue weighted by Crippen LogP contribution is -2.12. The van der Waals surface area contributed by atoms with E-state index in [1.807, 2.05) is 54.6 Å². The van der Waals surface area contributed by atoms with Crippen LogP contribution in [0.15, 0.2) is 83.8 Å². The summed E-state index contributed by atoms with van der Waals surface area (Å²) in [6, 6.07) is 22.2. The summed E-state index contributed by atoms with van der Waals surface area (Å²) in [6.45, 7) is 0. The number of H-pyrrole nitrogens is 2. The van der Waals surface area contributed by atoms with Gasteiger partial charge >= 0.3 is 5.69 Å². The summed E-state index contributed by atoms with van der Waals surface area (Å²) >= 11 is 0. The van der Waals surface area contributed by atoms with Crippen molar-refractivity contribution in [2.45, 2.75) is 0 Å². The predicted octanol–water partition coefficient (Wildman–Crippen LogP) is 3.97. The van der Waals surface area contributed by atoms with Crippen LogP contribution in [0.1, 0.15) is 10.4 Å². The van der Waals surface area contributed by atoms with Gasteiger partial charge in [0, 0.05) is 17.4 Å². The molecule has 32 heavy (non-hydrogen) atoms. The van der Waals surface area contributed by atoms with Gasteiger partial charge < -0.3 is 20.0 Å². The predicted molar refractivity (Wildman–Crippen MR) is 122 cm³/mol. The first-order valence-corrected chi connectivity index (χ1v) is 9.93. The Morgan fingerprint density at radius 1 is 0.969 bits per heavy atom. The maximum absolute atomic E-state index is 13.3. The van der Waals surface area contributed by atoms with Gasteiger partial charge in [0.05, 0.1) is 29.4 Å². The van der Waals surface area contributed by atoms with Crippen molar-refractivity contribution in [3.8, 4) is 22.7 Å². The fourth-order valence-electron chi connectivity index (χ4n) is 3.55. The number of hydrogen-bond donors (Lipinski definition) is 3. The molecule has 0 aliphatic heterocycles. The third kappa shape index (κ3) is 3.65. The largest absolute Gasteiger partial charge is 0.497 e. The van der Waals surface area contributed by atoms with Gasteiger partial charge in [-0.15, -0.1) is 0 Å². The highest BCUT2D eigenvalue weighted by atomic mass is 16.5. The Morgan fingerprint density at radius 3 is 2.59 bits per heavy atom. The SMILES string of the molecule is COc1cccc(-c2nn(-c3ccccc3)cc2C(=O)Nc2ccc3[nH]c(=O)[nH]c3c2)c1. The van der Waals surface area contributed by atoms with Gasteiger partial charge in [-0.25, -0.2) is 9.48 Å². The first kappa shape index (κ1) is 19.4. The number of methoxy groups -OCH3 is 1. The number of benzene rings is 3. The maximum Gasteiger partial charge on any atom is 0.323 e. The highest BCUT2D eigenvalue weighted by Gasteiger charge is 2.19. The number of hydrogen-bond acceptors (Lipinski definition) is 4. The van der Waals surface area contributed by atoms with Crippen LogP contribution >= 0.6 is 0 Å². The monoisotopic (exact) mass is 425 g/mol. The van der Waals surface area contributed by atoms with Crippen molar-refractivity contribution < 1.29 is 9.53 Å². The number of para-hydroxylation sites is 1. The number of carbonyl (C=O) groups is 1. The van der Waals surface area contributed by atoms with Gasteiger partial charge in [-0.1, -0.05) is 30.3 Å². The molecule has 0 saturated carbocycles. The number of rotatable bonds is 5. The van der Waals surface area contributed by atoms with Crippen molar-refractivity contribution in [2.24, 2.45) is 0 Å². The van der Waals surface area contributed by atoms with Crippen LogP contribution in [-0.2, 0) is 0 Å². The lowest BCUT2D eigenvalue weighted by molar-refractivity contribution is 0.102. The molecule has 0 atom stereocenters. The Labute approximate surface area is 182 Å². The average Bonchev–Trinajstić information content (AvgIpc) is 3.43. The molecule has 5 aromatic rings. The minimum absolute atomic E-state index is 0.298. The van der Waals surface area contributed by atoms with Gasteiger partial charge in [0.2, 0.25) is 0 Å². The van der Waals surface area contributed by atoms with Gasteiger partial charge in [0.1, 0.15) is 11.4 Å². The Balaban J connectivity index is 1.56. The lowest BCUT2D eigenvalue weighted by Gasteiger charge is -2.07. The van der Waals surface area contributed by atoms with E-state index in [4.69, 9.17) is 4.74 Å². The van der Waals surface area contributed by atoms with E-state index in [1.54, 1.807) is 36.2 Å². The van der Waals surface area contributed by atoms with E-state index in [0.717, 1.165) is 11.3 Å². The molecule has 158 valence electrons. The lowest BCUT2D eigenvalue weighted by atomic mass is 10.1. The van der Waals surface area contributed by atoms with Gasteiger partial charge in [-0.05, 0) is 42.5 Å². The number of fused-ring (bicyclic) bond motifs is 1. The Morgan fingerprint density at radius 2 is 1.78 bits per heavy atom. The molecule has 1 amide bonds. The molecule has 0 aliphatic rings. The van der Waals surface area contributed by atoms with Crippen LogP contribution in [0.25, 0.3) is 28.0 Å². The van der Waals surface area contributed by atoms with E-state index in [0.29, 0.717) is 33.7 Å². The number of ether oxygens (including phenoxy) is 1. The Kier molecular flexibility index (Phi) is 4.79. The fraction of sp³-hybridized carbons (Fsp3) is 0.0417. The summed E-state index contributed by atoms with van der Waals surface area (Å²) in [6.07, 6.45) is 1.70. The minimum Gasteiger partial charge on any atom is -0.497 e. The molecule has 0 fully saturated rings. The Bertz CT molecular complexity index is 1480. The number of aromatic amines is 2. The quantitative estimate of drug-likeness (QED) is 0.396. The summed E-state index contributed by atoms with van der Waals surface area (Å²) in [4.78, 5) is 30.2. The molecule has 0 radical (unpaired) electrons. The smallest absolute Gasteiger partial charge is 0.323 e. The summed E-state index contributed by atoms with van der Waals surface area (Å²) in [5.74, 6) is 0.354. The van der Waals surface area contributed by atoms with Crippen LogP contribution in [-0.4, -0.2) is 32.8 Å². The van der Waals surface area contributed by atoms with Gasteiger partial charge in [0.25, 0.3) is 5.91 Å². The average molecular weight is 425 g/mol. The van der Waals surface area contributed by atoms with Crippen molar-refractivity contribution in [3.63, 3.8) is 0 Å². The van der Waals surface area contributed by atoms with Gasteiger partial charge in [0.15, 0.2) is 0 Å². The van der Waals surface area contributed by atoms with Crippen molar-refractivity contribution in [1.29, 1.82) is 0 Å². The number of carbonyl (C=O) groups excluding carboxylic acids is 1. The topological polar surface area (TPSA) is 105 Å². The summed E-state index contributed by atoms with van der Waals surface area (Å²) < 4.78 is 7.02. The number of amides is 1. The van der Waals surface area contributed by atoms with Crippen molar-refractivity contribution in [2.75, 3.05) is 12.4 Å². The zero-order valence-electron chi connectivity index (χ0n) is 17.1. The highest BCUT2D eigenvalue weighted by molar-refractivity contribution is 6.08. The third-order valence-corrected chi connectivity index (χ3v) is 5.10. The molecular weight excluding hydrogens is 406 g/mol. The summed E-state index contributed by atoms with van der Waals surface area (Å²) in [7, 11) is 1.59. The molecule has 8 heteroatoms. The van der Waals surface area contributed by atoms with Crippen LogP contribution in [0.4, 0.5) is 5.69 Å². The van der Waals surface area contributed by atoms with Gasteiger partial charge in [-0.2, -0.15) is 5.10 Å². The summed E-state index contributed by atoms with van der Waals surface area (Å²) in [5.41, 5.74) is 4.07. The molecule has 2 aromatic heterocycles. The van der Waals surface area contributed by atoms with E-state index in [-0.39, 0.29) is 11.6 Å². The number of nitrogens with one attached hydrogen (secondary N) is 3. The first-order valence-electron chi connectivity index (χ1n) is 9.93. The maximum atomic E-state index is 13.3. The molecule has 3 N–H and O–H groups in total. The zero-order valence-corrected chi connectivity index (χ0v) is 17.1. The molecule has 0 spiro atoms. The number of imidazole rings is 1. The standard InChI is InChI=1S/C24H19N5O3/c1-32-18-9-5-6-15(12-18)22-19(14-29(28-22)17-7-3-2-4-8-17)23(30)25-16-10-11-20-21(13-16)27-24(31)26-20/h2-14H,1H3,(H,25,30)(H2,26,27,31). The third-order valence-electron chi connectivity index (χ3n) is 5.10.